The Kier molecular flexibility index (Phi) is 4.02. The Bertz CT molecular complexity index is 414. The molecule has 0 radical (unpaired) electrons. The molecular formula is C13H17ClN2O. The molecule has 1 aromatic rings. The van der Waals surface area contributed by atoms with E-state index in [9.17, 15) is 4.79 Å². The summed E-state index contributed by atoms with van der Waals surface area (Å²) in [5, 5.41) is 3.93. The molecule has 0 bridgehead atoms. The third-order valence-electron chi connectivity index (χ3n) is 3.12. The van der Waals surface area contributed by atoms with Crippen molar-refractivity contribution in [3.8, 4) is 0 Å². The van der Waals surface area contributed by atoms with Crippen LogP contribution in [0.25, 0.3) is 0 Å². The molecule has 1 aromatic carbocycles. The van der Waals surface area contributed by atoms with E-state index >= 15 is 0 Å². The highest BCUT2D eigenvalue weighted by Gasteiger charge is 2.17. The number of carbonyl (C=O) groups is 1. The van der Waals surface area contributed by atoms with Gasteiger partial charge in [-0.3, -0.25) is 4.79 Å². The van der Waals surface area contributed by atoms with Crippen LogP contribution in [0.5, 0.6) is 0 Å². The largest absolute Gasteiger partial charge is 0.340 e. The summed E-state index contributed by atoms with van der Waals surface area (Å²) >= 11 is 5.95. The number of rotatable bonds is 2. The van der Waals surface area contributed by atoms with E-state index in [4.69, 9.17) is 11.6 Å². The van der Waals surface area contributed by atoms with Crippen molar-refractivity contribution in [1.29, 1.82) is 0 Å². The summed E-state index contributed by atoms with van der Waals surface area (Å²) in [7, 11) is 0. The summed E-state index contributed by atoms with van der Waals surface area (Å²) in [5.74, 6) is 0.192. The summed E-state index contributed by atoms with van der Waals surface area (Å²) in [4.78, 5) is 14.0. The maximum absolute atomic E-state index is 12.1. The lowest BCUT2D eigenvalue weighted by Gasteiger charge is -2.27. The number of nitrogens with one attached hydrogen (secondary N) is 1. The molecule has 1 fully saturated rings. The first-order chi connectivity index (χ1) is 8.16. The molecule has 2 rings (SSSR count). The average molecular weight is 253 g/mol. The molecule has 0 spiro atoms. The Labute approximate surface area is 107 Å². The van der Waals surface area contributed by atoms with Gasteiger partial charge in [-0.1, -0.05) is 17.7 Å². The first kappa shape index (κ1) is 12.4. The van der Waals surface area contributed by atoms with Gasteiger partial charge in [-0.25, -0.2) is 0 Å². The molecule has 1 aliphatic heterocycles. The molecule has 1 saturated heterocycles. The van der Waals surface area contributed by atoms with E-state index in [1.165, 1.54) is 0 Å². The van der Waals surface area contributed by atoms with E-state index in [-0.39, 0.29) is 5.91 Å². The van der Waals surface area contributed by atoms with Crippen LogP contribution >= 0.6 is 11.6 Å². The summed E-state index contributed by atoms with van der Waals surface area (Å²) < 4.78 is 0. The van der Waals surface area contributed by atoms with Crippen LogP contribution in [0.15, 0.2) is 18.2 Å². The molecular weight excluding hydrogens is 236 g/mol. The third kappa shape index (κ3) is 3.20. The normalized spacial score (nSPS) is 16.0. The zero-order chi connectivity index (χ0) is 12.3. The van der Waals surface area contributed by atoms with Gasteiger partial charge in [0.1, 0.15) is 0 Å². The third-order valence-corrected chi connectivity index (χ3v) is 3.36. The van der Waals surface area contributed by atoms with Gasteiger partial charge in [0, 0.05) is 31.2 Å². The lowest BCUT2D eigenvalue weighted by Crippen LogP contribution is -2.47. The number of hydrogen-bond donors (Lipinski definition) is 1. The van der Waals surface area contributed by atoms with Gasteiger partial charge in [0.15, 0.2) is 0 Å². The van der Waals surface area contributed by atoms with Crippen LogP contribution in [-0.4, -0.2) is 37.0 Å². The fourth-order valence-electron chi connectivity index (χ4n) is 2.02. The standard InChI is InChI=1S/C13H17ClN2O/c1-10-2-3-12(14)8-11(10)9-13(17)16-6-4-15-5-7-16/h2-3,8,15H,4-7,9H2,1H3. The molecule has 0 saturated carbocycles. The summed E-state index contributed by atoms with van der Waals surface area (Å²) in [6, 6.07) is 5.70. The number of halogens is 1. The molecule has 0 aromatic heterocycles. The van der Waals surface area contributed by atoms with Crippen molar-refractivity contribution in [2.75, 3.05) is 26.2 Å². The van der Waals surface area contributed by atoms with Gasteiger partial charge in [-0.15, -0.1) is 0 Å². The predicted octanol–water partition coefficient (Wildman–Crippen LogP) is 1.62. The van der Waals surface area contributed by atoms with Crippen LogP contribution in [0.1, 0.15) is 11.1 Å². The van der Waals surface area contributed by atoms with Crippen molar-refractivity contribution < 1.29 is 4.79 Å². The highest BCUT2D eigenvalue weighted by molar-refractivity contribution is 6.30. The Balaban J connectivity index is 2.04. The number of amides is 1. The molecule has 0 aliphatic carbocycles. The Morgan fingerprint density at radius 3 is 2.82 bits per heavy atom. The number of carbonyl (C=O) groups excluding carboxylic acids is 1. The van der Waals surface area contributed by atoms with E-state index in [2.05, 4.69) is 5.32 Å². The highest BCUT2D eigenvalue weighted by atomic mass is 35.5. The van der Waals surface area contributed by atoms with Crippen LogP contribution < -0.4 is 5.32 Å². The Hall–Kier alpha value is -1.06. The lowest BCUT2D eigenvalue weighted by atomic mass is 10.1. The fraction of sp³-hybridized carbons (Fsp3) is 0.462. The second-order valence-corrected chi connectivity index (χ2v) is 4.81. The second kappa shape index (κ2) is 5.52. The molecule has 1 amide bonds. The van der Waals surface area contributed by atoms with Crippen LogP contribution in [-0.2, 0) is 11.2 Å². The zero-order valence-electron chi connectivity index (χ0n) is 10.0. The van der Waals surface area contributed by atoms with E-state index in [0.29, 0.717) is 11.4 Å². The van der Waals surface area contributed by atoms with E-state index in [1.54, 1.807) is 0 Å². The van der Waals surface area contributed by atoms with Crippen molar-refractivity contribution in [2.24, 2.45) is 0 Å². The molecule has 0 atom stereocenters. The maximum atomic E-state index is 12.1. The van der Waals surface area contributed by atoms with Gasteiger partial charge in [-0.2, -0.15) is 0 Å². The molecule has 1 N–H and O–H groups in total. The minimum absolute atomic E-state index is 0.192. The van der Waals surface area contributed by atoms with Crippen LogP contribution in [0.2, 0.25) is 5.02 Å². The van der Waals surface area contributed by atoms with E-state index in [0.717, 1.165) is 37.3 Å². The van der Waals surface area contributed by atoms with Crippen molar-refractivity contribution in [3.05, 3.63) is 34.3 Å². The maximum Gasteiger partial charge on any atom is 0.227 e. The summed E-state index contributed by atoms with van der Waals surface area (Å²) in [6.45, 7) is 5.40. The topological polar surface area (TPSA) is 32.3 Å². The molecule has 3 nitrogen and oxygen atoms in total. The Morgan fingerprint density at radius 2 is 2.12 bits per heavy atom. The highest BCUT2D eigenvalue weighted by Crippen LogP contribution is 2.16. The number of piperazine rings is 1. The average Bonchev–Trinajstić information content (AvgIpc) is 2.35. The monoisotopic (exact) mass is 252 g/mol. The van der Waals surface area contributed by atoms with Crippen molar-refractivity contribution in [3.63, 3.8) is 0 Å². The SMILES string of the molecule is Cc1ccc(Cl)cc1CC(=O)N1CCNCC1. The number of hydrogen-bond acceptors (Lipinski definition) is 2. The van der Waals surface area contributed by atoms with Crippen molar-refractivity contribution in [1.82, 2.24) is 10.2 Å². The van der Waals surface area contributed by atoms with Crippen molar-refractivity contribution >= 4 is 17.5 Å². The summed E-state index contributed by atoms with van der Waals surface area (Å²) in [5.41, 5.74) is 2.15. The minimum Gasteiger partial charge on any atom is -0.340 e. The van der Waals surface area contributed by atoms with Crippen LogP contribution in [0.3, 0.4) is 0 Å². The minimum atomic E-state index is 0.192. The number of nitrogens with zero attached hydrogens (tertiary/aromatic N) is 1. The smallest absolute Gasteiger partial charge is 0.227 e. The number of benzene rings is 1. The zero-order valence-corrected chi connectivity index (χ0v) is 10.8. The van der Waals surface area contributed by atoms with E-state index in [1.807, 2.05) is 30.0 Å². The predicted molar refractivity (Wildman–Crippen MR) is 69.3 cm³/mol. The van der Waals surface area contributed by atoms with Gasteiger partial charge in [0.2, 0.25) is 5.91 Å². The van der Waals surface area contributed by atoms with Crippen molar-refractivity contribution in [2.45, 2.75) is 13.3 Å². The quantitative estimate of drug-likeness (QED) is 0.868. The summed E-state index contributed by atoms with van der Waals surface area (Å²) in [6.07, 6.45) is 0.451. The van der Waals surface area contributed by atoms with Gasteiger partial charge in [0.05, 0.1) is 6.42 Å². The van der Waals surface area contributed by atoms with Crippen LogP contribution in [0.4, 0.5) is 0 Å². The molecule has 17 heavy (non-hydrogen) atoms. The van der Waals surface area contributed by atoms with Gasteiger partial charge < -0.3 is 10.2 Å². The van der Waals surface area contributed by atoms with Crippen LogP contribution in [0, 0.1) is 6.92 Å². The van der Waals surface area contributed by atoms with Gasteiger partial charge in [-0.05, 0) is 30.2 Å². The second-order valence-electron chi connectivity index (χ2n) is 4.38. The lowest BCUT2D eigenvalue weighted by molar-refractivity contribution is -0.131. The molecule has 0 unspecified atom stereocenters. The first-order valence-electron chi connectivity index (χ1n) is 5.90. The molecule has 1 heterocycles. The Morgan fingerprint density at radius 1 is 1.41 bits per heavy atom. The fourth-order valence-corrected chi connectivity index (χ4v) is 2.21. The van der Waals surface area contributed by atoms with Gasteiger partial charge >= 0.3 is 0 Å². The molecule has 92 valence electrons. The number of aryl methyl sites for hydroxylation is 1. The van der Waals surface area contributed by atoms with Gasteiger partial charge in [0.25, 0.3) is 0 Å². The molecule has 1 aliphatic rings. The van der Waals surface area contributed by atoms with E-state index < -0.39 is 0 Å². The first-order valence-corrected chi connectivity index (χ1v) is 6.28. The molecule has 4 heteroatoms.